The van der Waals surface area contributed by atoms with E-state index in [0.29, 0.717) is 16.9 Å². The Kier molecular flexibility index (Phi) is 7.97. The van der Waals surface area contributed by atoms with Crippen molar-refractivity contribution in [2.24, 2.45) is 0 Å². The number of thioether (sulfide) groups is 1. The number of para-hydroxylation sites is 1. The largest absolute Gasteiger partial charge is 0.464 e. The monoisotopic (exact) mass is 405 g/mol. The molecule has 0 bridgehead atoms. The molecule has 2 unspecified atom stereocenters. The first kappa shape index (κ1) is 21.4. The van der Waals surface area contributed by atoms with E-state index in [2.05, 4.69) is 0 Å². The standard InChI is InChI=1S/C19H19NO7S/c1-2-11-26-19(23)17(22)18(13-7-9-14(10-8-13)27-12-21)28-16-6-4-3-5-15(16)20(24)25/h3-10,12,17-18,22H,2,11H2,1H3. The van der Waals surface area contributed by atoms with Crippen molar-refractivity contribution in [3.05, 3.63) is 64.2 Å². The van der Waals surface area contributed by atoms with Crippen molar-refractivity contribution < 1.29 is 29.1 Å². The van der Waals surface area contributed by atoms with Crippen LogP contribution in [0.15, 0.2) is 53.4 Å². The number of esters is 1. The van der Waals surface area contributed by atoms with Crippen molar-refractivity contribution in [3.63, 3.8) is 0 Å². The molecule has 0 radical (unpaired) electrons. The van der Waals surface area contributed by atoms with E-state index >= 15 is 0 Å². The molecule has 8 nitrogen and oxygen atoms in total. The van der Waals surface area contributed by atoms with Gasteiger partial charge in [-0.2, -0.15) is 0 Å². The van der Waals surface area contributed by atoms with Gasteiger partial charge in [-0.3, -0.25) is 14.9 Å². The fraction of sp³-hybridized carbons (Fsp3) is 0.263. The lowest BCUT2D eigenvalue weighted by molar-refractivity contribution is -0.387. The number of aliphatic hydroxyl groups is 1. The molecule has 0 aliphatic heterocycles. The average Bonchev–Trinajstić information content (AvgIpc) is 2.71. The highest BCUT2D eigenvalue weighted by atomic mass is 32.2. The summed E-state index contributed by atoms with van der Waals surface area (Å²) in [5.74, 6) is -0.526. The molecule has 0 saturated heterocycles. The van der Waals surface area contributed by atoms with Crippen LogP contribution in [0.5, 0.6) is 5.75 Å². The highest BCUT2D eigenvalue weighted by Gasteiger charge is 2.32. The molecule has 28 heavy (non-hydrogen) atoms. The molecule has 0 fully saturated rings. The van der Waals surface area contributed by atoms with Crippen LogP contribution in [0.25, 0.3) is 0 Å². The molecule has 2 aromatic rings. The number of rotatable bonds is 10. The summed E-state index contributed by atoms with van der Waals surface area (Å²) in [5.41, 5.74) is 0.384. The molecule has 0 aliphatic carbocycles. The molecule has 0 amide bonds. The second-order valence-electron chi connectivity index (χ2n) is 5.66. The van der Waals surface area contributed by atoms with Crippen LogP contribution in [-0.4, -0.2) is 35.2 Å². The Labute approximate surface area is 165 Å². The maximum atomic E-state index is 12.2. The van der Waals surface area contributed by atoms with Gasteiger partial charge >= 0.3 is 5.97 Å². The Balaban J connectivity index is 2.37. The molecular weight excluding hydrogens is 386 g/mol. The number of nitrogens with zero attached hydrogens (tertiary/aromatic N) is 1. The van der Waals surface area contributed by atoms with Crippen LogP contribution in [0.2, 0.25) is 0 Å². The summed E-state index contributed by atoms with van der Waals surface area (Å²) in [6.07, 6.45) is -0.952. The van der Waals surface area contributed by atoms with E-state index in [-0.39, 0.29) is 24.5 Å². The van der Waals surface area contributed by atoms with Gasteiger partial charge in [-0.1, -0.05) is 31.2 Å². The summed E-state index contributed by atoms with van der Waals surface area (Å²) < 4.78 is 9.77. The predicted octanol–water partition coefficient (Wildman–Crippen LogP) is 3.28. The van der Waals surface area contributed by atoms with Gasteiger partial charge in [0, 0.05) is 6.07 Å². The van der Waals surface area contributed by atoms with E-state index in [4.69, 9.17) is 9.47 Å². The second kappa shape index (κ2) is 10.4. The third kappa shape index (κ3) is 5.54. The minimum absolute atomic E-state index is 0.132. The summed E-state index contributed by atoms with van der Waals surface area (Å²) in [7, 11) is 0. The number of ether oxygens (including phenoxy) is 2. The molecule has 1 N–H and O–H groups in total. The molecular formula is C19H19NO7S. The Morgan fingerprint density at radius 3 is 2.54 bits per heavy atom. The number of nitro groups is 1. The van der Waals surface area contributed by atoms with Crippen LogP contribution in [0.3, 0.4) is 0 Å². The highest BCUT2D eigenvalue weighted by molar-refractivity contribution is 7.99. The molecule has 0 heterocycles. The first-order chi connectivity index (χ1) is 13.5. The summed E-state index contributed by atoms with van der Waals surface area (Å²) in [6.45, 7) is 2.27. The quantitative estimate of drug-likeness (QED) is 0.210. The van der Waals surface area contributed by atoms with Gasteiger partial charge < -0.3 is 14.6 Å². The molecule has 0 aliphatic rings. The second-order valence-corrected chi connectivity index (χ2v) is 6.84. The minimum Gasteiger partial charge on any atom is -0.464 e. The van der Waals surface area contributed by atoms with Crippen molar-refractivity contribution >= 4 is 29.9 Å². The molecule has 0 aromatic heterocycles. The number of nitro benzene ring substituents is 1. The Morgan fingerprint density at radius 1 is 1.25 bits per heavy atom. The third-order valence-electron chi connectivity index (χ3n) is 3.69. The van der Waals surface area contributed by atoms with Crippen molar-refractivity contribution in [1.29, 1.82) is 0 Å². The molecule has 2 aromatic carbocycles. The van der Waals surface area contributed by atoms with E-state index in [0.717, 1.165) is 11.8 Å². The Hall–Kier alpha value is -2.91. The third-order valence-corrected chi connectivity index (χ3v) is 5.07. The van der Waals surface area contributed by atoms with Gasteiger partial charge in [0.25, 0.3) is 12.2 Å². The van der Waals surface area contributed by atoms with Gasteiger partial charge in [0.1, 0.15) is 5.75 Å². The number of aliphatic hydroxyl groups excluding tert-OH is 1. The van der Waals surface area contributed by atoms with Gasteiger partial charge in [-0.05, 0) is 30.2 Å². The number of carbonyl (C=O) groups excluding carboxylic acids is 2. The maximum Gasteiger partial charge on any atom is 0.336 e. The van der Waals surface area contributed by atoms with Gasteiger partial charge in [0.2, 0.25) is 0 Å². The molecule has 2 rings (SSSR count). The zero-order chi connectivity index (χ0) is 20.5. The van der Waals surface area contributed by atoms with Crippen molar-refractivity contribution in [3.8, 4) is 5.75 Å². The summed E-state index contributed by atoms with van der Waals surface area (Å²) >= 11 is 0.983. The van der Waals surface area contributed by atoms with E-state index in [1.54, 1.807) is 24.3 Å². The minimum atomic E-state index is -1.55. The van der Waals surface area contributed by atoms with Crippen LogP contribution in [0.1, 0.15) is 24.2 Å². The van der Waals surface area contributed by atoms with Crippen LogP contribution < -0.4 is 4.74 Å². The Morgan fingerprint density at radius 2 is 1.93 bits per heavy atom. The lowest BCUT2D eigenvalue weighted by Gasteiger charge is -2.22. The predicted molar refractivity (Wildman–Crippen MR) is 102 cm³/mol. The van der Waals surface area contributed by atoms with Gasteiger partial charge in [0.15, 0.2) is 6.10 Å². The lowest BCUT2D eigenvalue weighted by atomic mass is 10.1. The normalized spacial score (nSPS) is 12.6. The fourth-order valence-electron chi connectivity index (χ4n) is 2.36. The van der Waals surface area contributed by atoms with Crippen LogP contribution >= 0.6 is 11.8 Å². The van der Waals surface area contributed by atoms with E-state index < -0.39 is 22.2 Å². The summed E-state index contributed by atoms with van der Waals surface area (Å²) in [5, 5.41) is 21.0. The van der Waals surface area contributed by atoms with Crippen LogP contribution in [0, 0.1) is 10.1 Å². The van der Waals surface area contributed by atoms with E-state index in [1.807, 2.05) is 6.92 Å². The number of hydrogen-bond donors (Lipinski definition) is 1. The number of carbonyl (C=O) groups is 2. The van der Waals surface area contributed by atoms with Gasteiger partial charge in [-0.25, -0.2) is 4.79 Å². The SMILES string of the molecule is CCCOC(=O)C(O)C(Sc1ccccc1[N+](=O)[O-])c1ccc(OC=O)cc1. The van der Waals surface area contributed by atoms with Crippen molar-refractivity contribution in [2.75, 3.05) is 6.61 Å². The fourth-order valence-corrected chi connectivity index (χ4v) is 3.59. The average molecular weight is 405 g/mol. The topological polar surface area (TPSA) is 116 Å². The molecule has 2 atom stereocenters. The van der Waals surface area contributed by atoms with Gasteiger partial charge in [-0.15, -0.1) is 11.8 Å². The highest BCUT2D eigenvalue weighted by Crippen LogP contribution is 2.42. The van der Waals surface area contributed by atoms with Gasteiger partial charge in [0.05, 0.1) is 21.7 Å². The summed E-state index contributed by atoms with van der Waals surface area (Å²) in [4.78, 5) is 33.7. The zero-order valence-corrected chi connectivity index (χ0v) is 15.8. The molecule has 0 spiro atoms. The molecule has 9 heteroatoms. The summed E-state index contributed by atoms with van der Waals surface area (Å²) in [6, 6.07) is 12.2. The van der Waals surface area contributed by atoms with Crippen molar-refractivity contribution in [2.45, 2.75) is 29.6 Å². The Bertz CT molecular complexity index is 825. The smallest absolute Gasteiger partial charge is 0.336 e. The molecule has 0 saturated carbocycles. The van der Waals surface area contributed by atoms with E-state index in [1.165, 1.54) is 24.3 Å². The van der Waals surface area contributed by atoms with Crippen LogP contribution in [0.4, 0.5) is 5.69 Å². The number of benzene rings is 2. The first-order valence-electron chi connectivity index (χ1n) is 8.43. The molecule has 148 valence electrons. The van der Waals surface area contributed by atoms with E-state index in [9.17, 15) is 24.8 Å². The van der Waals surface area contributed by atoms with Crippen molar-refractivity contribution in [1.82, 2.24) is 0 Å². The van der Waals surface area contributed by atoms with Crippen LogP contribution in [-0.2, 0) is 14.3 Å². The maximum absolute atomic E-state index is 12.2. The lowest BCUT2D eigenvalue weighted by Crippen LogP contribution is -2.28. The first-order valence-corrected chi connectivity index (χ1v) is 9.31. The zero-order valence-electron chi connectivity index (χ0n) is 15.0. The number of hydrogen-bond acceptors (Lipinski definition) is 8.